The molecule has 24 heavy (non-hydrogen) atoms. The summed E-state index contributed by atoms with van der Waals surface area (Å²) < 4.78 is 39.8. The second kappa shape index (κ2) is 9.48. The maximum atomic E-state index is 13.9. The molecule has 0 radical (unpaired) electrons. The van der Waals surface area contributed by atoms with Crippen molar-refractivity contribution in [3.05, 3.63) is 29.6 Å². The molecule has 0 heterocycles. The van der Waals surface area contributed by atoms with Crippen molar-refractivity contribution in [1.29, 1.82) is 0 Å². The van der Waals surface area contributed by atoms with E-state index in [2.05, 4.69) is 5.32 Å². The van der Waals surface area contributed by atoms with E-state index in [4.69, 9.17) is 5.73 Å². The third kappa shape index (κ3) is 7.18. The van der Waals surface area contributed by atoms with Crippen LogP contribution in [0.5, 0.6) is 0 Å². The zero-order valence-corrected chi connectivity index (χ0v) is 14.2. The van der Waals surface area contributed by atoms with Crippen molar-refractivity contribution in [2.75, 3.05) is 18.4 Å². The van der Waals surface area contributed by atoms with Crippen molar-refractivity contribution in [3.63, 3.8) is 0 Å². The normalized spacial score (nSPS) is 11.0. The maximum absolute atomic E-state index is 13.9. The van der Waals surface area contributed by atoms with Crippen molar-refractivity contribution in [1.82, 2.24) is 5.32 Å². The average Bonchev–Trinajstić information content (AvgIpc) is 2.46. The summed E-state index contributed by atoms with van der Waals surface area (Å²) in [7, 11) is 0. The Morgan fingerprint density at radius 1 is 1.29 bits per heavy atom. The molecular formula is C15H21ClF3N3O2. The van der Waals surface area contributed by atoms with E-state index in [1.807, 2.05) is 19.2 Å². The Bertz CT molecular complexity index is 583. The maximum Gasteiger partial charge on any atom is 0.277 e. The number of halogens is 4. The zero-order chi connectivity index (χ0) is 17.6. The molecule has 0 fully saturated rings. The topological polar surface area (TPSA) is 84.2 Å². The van der Waals surface area contributed by atoms with Crippen molar-refractivity contribution < 1.29 is 22.8 Å². The van der Waals surface area contributed by atoms with Crippen LogP contribution < -0.4 is 16.4 Å². The number of nitrogens with two attached hydrogens (primary N) is 1. The first kappa shape index (κ1) is 22.2. The molecule has 9 heteroatoms. The van der Waals surface area contributed by atoms with Gasteiger partial charge in [0, 0.05) is 12.0 Å². The summed E-state index contributed by atoms with van der Waals surface area (Å²) in [6.07, 6.45) is 0.232. The summed E-state index contributed by atoms with van der Waals surface area (Å²) in [6.45, 7) is 1.86. The van der Waals surface area contributed by atoms with Crippen LogP contribution >= 0.6 is 12.4 Å². The van der Waals surface area contributed by atoms with Gasteiger partial charge in [-0.25, -0.2) is 13.2 Å². The number of hydrogen-bond donors (Lipinski definition) is 3. The van der Waals surface area contributed by atoms with Crippen LogP contribution in [0.2, 0.25) is 0 Å². The van der Waals surface area contributed by atoms with E-state index < -0.39 is 30.7 Å². The number of carbonyl (C=O) groups excluding carboxylic acids is 2. The molecule has 1 aromatic rings. The Balaban J connectivity index is 0.00000529. The zero-order valence-electron chi connectivity index (χ0n) is 13.4. The molecular weight excluding hydrogens is 347 g/mol. The van der Waals surface area contributed by atoms with Crippen LogP contribution in [0.3, 0.4) is 0 Å². The van der Waals surface area contributed by atoms with Crippen molar-refractivity contribution >= 4 is 29.9 Å². The highest BCUT2D eigenvalue weighted by atomic mass is 35.5. The van der Waals surface area contributed by atoms with Crippen molar-refractivity contribution in [2.45, 2.75) is 26.2 Å². The molecule has 0 aromatic heterocycles. The van der Waals surface area contributed by atoms with Crippen LogP contribution in [0, 0.1) is 11.7 Å². The van der Waals surface area contributed by atoms with E-state index in [-0.39, 0.29) is 41.9 Å². The van der Waals surface area contributed by atoms with E-state index in [0.29, 0.717) is 0 Å². The number of hydrogen-bond acceptors (Lipinski definition) is 3. The molecule has 1 aromatic carbocycles. The van der Waals surface area contributed by atoms with Crippen LogP contribution in [0.15, 0.2) is 18.2 Å². The molecule has 0 atom stereocenters. The Kier molecular flexibility index (Phi) is 8.77. The average molecular weight is 368 g/mol. The van der Waals surface area contributed by atoms with E-state index in [0.717, 1.165) is 6.07 Å². The molecule has 2 amide bonds. The number of alkyl halides is 2. The molecule has 0 unspecified atom stereocenters. The first-order valence-corrected chi connectivity index (χ1v) is 7.10. The van der Waals surface area contributed by atoms with Gasteiger partial charge in [0.05, 0.1) is 18.8 Å². The van der Waals surface area contributed by atoms with Crippen LogP contribution in [0.1, 0.15) is 30.6 Å². The molecule has 0 bridgehead atoms. The second-order valence-electron chi connectivity index (χ2n) is 5.58. The second-order valence-corrected chi connectivity index (χ2v) is 5.58. The third-order valence-electron chi connectivity index (χ3n) is 2.91. The highest BCUT2D eigenvalue weighted by molar-refractivity contribution is 5.96. The molecule has 0 saturated heterocycles. The van der Waals surface area contributed by atoms with E-state index in [1.165, 1.54) is 12.1 Å². The van der Waals surface area contributed by atoms with Gasteiger partial charge in [0.2, 0.25) is 5.91 Å². The van der Waals surface area contributed by atoms with Gasteiger partial charge in [0.25, 0.3) is 11.8 Å². The minimum atomic E-state index is -3.22. The number of nitrogens with one attached hydrogen (secondary N) is 2. The third-order valence-corrected chi connectivity index (χ3v) is 2.91. The van der Waals surface area contributed by atoms with Gasteiger partial charge in [0.15, 0.2) is 0 Å². The number of carbonyl (C=O) groups is 2. The Hall–Kier alpha value is -1.80. The highest BCUT2D eigenvalue weighted by Crippen LogP contribution is 2.17. The first-order chi connectivity index (χ1) is 10.6. The predicted molar refractivity (Wildman–Crippen MR) is 88.1 cm³/mol. The van der Waals surface area contributed by atoms with Crippen molar-refractivity contribution in [3.8, 4) is 0 Å². The lowest BCUT2D eigenvalue weighted by Gasteiger charge is -2.15. The van der Waals surface area contributed by atoms with Gasteiger partial charge < -0.3 is 16.4 Å². The van der Waals surface area contributed by atoms with E-state index >= 15 is 0 Å². The summed E-state index contributed by atoms with van der Waals surface area (Å²) in [5.41, 5.74) is 4.66. The molecule has 0 aliphatic carbocycles. The van der Waals surface area contributed by atoms with Gasteiger partial charge in [-0.15, -0.1) is 12.4 Å². The molecule has 136 valence electrons. The Morgan fingerprint density at radius 3 is 2.42 bits per heavy atom. The van der Waals surface area contributed by atoms with Gasteiger partial charge in [-0.1, -0.05) is 13.8 Å². The molecule has 0 aliphatic rings. The minimum Gasteiger partial charge on any atom is -0.346 e. The van der Waals surface area contributed by atoms with Crippen molar-refractivity contribution in [2.24, 2.45) is 11.7 Å². The molecule has 1 rings (SSSR count). The molecule has 0 saturated carbocycles. The van der Waals surface area contributed by atoms with Crippen LogP contribution in [-0.2, 0) is 4.79 Å². The number of anilines is 1. The lowest BCUT2D eigenvalue weighted by molar-refractivity contribution is -0.116. The van der Waals surface area contributed by atoms with Gasteiger partial charge >= 0.3 is 0 Å². The monoisotopic (exact) mass is 367 g/mol. The molecule has 5 nitrogen and oxygen atoms in total. The fourth-order valence-electron chi connectivity index (χ4n) is 1.71. The minimum absolute atomic E-state index is 0. The van der Waals surface area contributed by atoms with Crippen LogP contribution in [-0.4, -0.2) is 30.8 Å². The van der Waals surface area contributed by atoms with E-state index in [1.54, 1.807) is 0 Å². The van der Waals surface area contributed by atoms with Gasteiger partial charge in [-0.2, -0.15) is 0 Å². The Morgan fingerprint density at radius 2 is 1.92 bits per heavy atom. The van der Waals surface area contributed by atoms with Gasteiger partial charge in [-0.05, 0) is 24.1 Å². The lowest BCUT2D eigenvalue weighted by atomic mass is 10.1. The predicted octanol–water partition coefficient (Wildman–Crippen LogP) is 2.56. The van der Waals surface area contributed by atoms with Gasteiger partial charge in [0.1, 0.15) is 5.82 Å². The highest BCUT2D eigenvalue weighted by Gasteiger charge is 2.27. The smallest absolute Gasteiger partial charge is 0.277 e. The molecule has 0 spiro atoms. The van der Waals surface area contributed by atoms with E-state index in [9.17, 15) is 22.8 Å². The Labute approximate surface area is 144 Å². The number of amides is 2. The standard InChI is InChI=1S/C15H20F3N3O2.ClH/c1-9(2)5-13(22)21-12-4-3-10(6-11(12)16)14(23)20-8-15(17,18)7-19;/h3-4,6,9H,5,7-8,19H2,1-2H3,(H,20,23)(H,21,22);1H. The largest absolute Gasteiger partial charge is 0.346 e. The summed E-state index contributed by atoms with van der Waals surface area (Å²) in [5.74, 6) is -5.12. The fraction of sp³-hybridized carbons (Fsp3) is 0.467. The lowest BCUT2D eigenvalue weighted by Crippen LogP contribution is -2.41. The van der Waals surface area contributed by atoms with Crippen LogP contribution in [0.25, 0.3) is 0 Å². The summed E-state index contributed by atoms with van der Waals surface area (Å²) in [6, 6.07) is 3.33. The van der Waals surface area contributed by atoms with Crippen LogP contribution in [0.4, 0.5) is 18.9 Å². The fourth-order valence-corrected chi connectivity index (χ4v) is 1.71. The summed E-state index contributed by atoms with van der Waals surface area (Å²) >= 11 is 0. The summed E-state index contributed by atoms with van der Waals surface area (Å²) in [4.78, 5) is 23.3. The number of benzene rings is 1. The first-order valence-electron chi connectivity index (χ1n) is 7.10. The molecule has 0 aliphatic heterocycles. The number of rotatable bonds is 7. The molecule has 4 N–H and O–H groups in total. The van der Waals surface area contributed by atoms with Gasteiger partial charge in [-0.3, -0.25) is 9.59 Å². The SMILES string of the molecule is CC(C)CC(=O)Nc1ccc(C(=O)NCC(F)(F)CN)cc1F.Cl. The summed E-state index contributed by atoms with van der Waals surface area (Å²) in [5, 5.41) is 4.37. The quantitative estimate of drug-likeness (QED) is 0.692.